The van der Waals surface area contributed by atoms with Crippen molar-refractivity contribution >= 4 is 55.7 Å². The van der Waals surface area contributed by atoms with E-state index in [1.165, 1.54) is 89.0 Å². The van der Waals surface area contributed by atoms with Crippen LogP contribution in [0.3, 0.4) is 0 Å². The Balaban J connectivity index is 1.02. The van der Waals surface area contributed by atoms with Crippen molar-refractivity contribution in [3.63, 3.8) is 0 Å². The van der Waals surface area contributed by atoms with Crippen LogP contribution < -0.4 is 9.80 Å². The first-order chi connectivity index (χ1) is 47.9. The van der Waals surface area contributed by atoms with E-state index >= 15 is 0 Å². The van der Waals surface area contributed by atoms with E-state index in [4.69, 9.17) is 0 Å². The first kappa shape index (κ1) is 60.1. The Hall–Kier alpha value is -11.6. The molecular weight excluding hydrogens is 1180 g/mol. The number of benzene rings is 15. The molecule has 15 aromatic rings. The molecular formula is C96H76N2. The number of hydrogen-bond acceptors (Lipinski definition) is 2. The molecule has 2 heteroatoms. The van der Waals surface area contributed by atoms with E-state index in [0.29, 0.717) is 0 Å². The number of rotatable bonds is 12. The molecule has 0 radical (unpaired) electrons. The van der Waals surface area contributed by atoms with Gasteiger partial charge in [-0.3, -0.25) is 0 Å². The van der Waals surface area contributed by atoms with Crippen molar-refractivity contribution in [1.82, 2.24) is 0 Å². The summed E-state index contributed by atoms with van der Waals surface area (Å²) in [6, 6.07) is 133. The molecule has 0 aliphatic heterocycles. The Bertz CT molecular complexity index is 5050. The molecule has 15 aromatic carbocycles. The molecule has 0 spiro atoms. The van der Waals surface area contributed by atoms with Crippen molar-refractivity contribution in [1.29, 1.82) is 0 Å². The molecule has 98 heavy (non-hydrogen) atoms. The maximum Gasteiger partial charge on any atom is 0.0713 e. The average Bonchev–Trinajstić information content (AvgIpc) is 1.54. The molecule has 0 fully saturated rings. The van der Waals surface area contributed by atoms with E-state index in [-0.39, 0.29) is 10.8 Å². The van der Waals surface area contributed by atoms with Crippen LogP contribution in [0.4, 0.5) is 34.1 Å². The Morgan fingerprint density at radius 3 is 0.816 bits per heavy atom. The summed E-state index contributed by atoms with van der Waals surface area (Å²) < 4.78 is 0. The van der Waals surface area contributed by atoms with Gasteiger partial charge in [0.05, 0.1) is 10.8 Å². The molecule has 2 aliphatic carbocycles. The van der Waals surface area contributed by atoms with E-state index in [1.807, 2.05) is 0 Å². The van der Waals surface area contributed by atoms with Crippen LogP contribution in [0, 0.1) is 0 Å². The summed E-state index contributed by atoms with van der Waals surface area (Å²) >= 11 is 0. The first-order valence-corrected chi connectivity index (χ1v) is 34.6. The van der Waals surface area contributed by atoms with Crippen LogP contribution >= 0.6 is 0 Å². The number of fused-ring (bicyclic) bond motifs is 8. The van der Waals surface area contributed by atoms with Crippen molar-refractivity contribution in [2.75, 3.05) is 9.80 Å². The van der Waals surface area contributed by atoms with Crippen LogP contribution in [0.5, 0.6) is 0 Å². The molecule has 0 saturated heterocycles. The molecule has 2 aliphatic rings. The molecule has 17 rings (SSSR count). The zero-order valence-electron chi connectivity index (χ0n) is 56.4. The molecule has 0 heterocycles. The van der Waals surface area contributed by atoms with Crippen LogP contribution in [-0.2, 0) is 21.7 Å². The van der Waals surface area contributed by atoms with Crippen molar-refractivity contribution < 1.29 is 0 Å². The maximum absolute atomic E-state index is 2.57. The van der Waals surface area contributed by atoms with Crippen molar-refractivity contribution in [2.24, 2.45) is 0 Å². The molecule has 0 saturated carbocycles. The summed E-state index contributed by atoms with van der Waals surface area (Å²) in [7, 11) is 0. The predicted octanol–water partition coefficient (Wildman–Crippen LogP) is 25.6. The summed E-state index contributed by atoms with van der Waals surface area (Å²) in [4.78, 5) is 4.89. The molecule has 0 bridgehead atoms. The standard InChI is InChI=1S/C96H76N2/c1-93(2,3)67-47-51-75(52-48-67)97(73-37-21-11-22-38-73)77-55-59-83-85(63-77)91(65-45-57-81-79-41-25-27-43-87(79)95(89(81)61-65,69-29-13-7-14-30-69)70-31-15-8-16-32-70)84-60-56-78(98(74-39-23-12-24-40-74)76-53-49-68(50-54-76)94(4,5)6)64-86(84)92(83)66-46-58-82-80-42-26-28-44-88(80)96(90(82)62-66,71-33-17-9-18-34-71)72-35-19-10-20-36-72/h7-64H,1-6H3. The molecule has 0 unspecified atom stereocenters. The minimum atomic E-state index is -0.623. The highest BCUT2D eigenvalue weighted by Crippen LogP contribution is 2.60. The molecule has 470 valence electrons. The highest BCUT2D eigenvalue weighted by Gasteiger charge is 2.48. The second-order valence-electron chi connectivity index (χ2n) is 28.7. The van der Waals surface area contributed by atoms with Gasteiger partial charge >= 0.3 is 0 Å². The van der Waals surface area contributed by atoms with E-state index < -0.39 is 10.8 Å². The largest absolute Gasteiger partial charge is 0.310 e. The summed E-state index contributed by atoms with van der Waals surface area (Å²) in [5.74, 6) is 0. The minimum Gasteiger partial charge on any atom is -0.310 e. The van der Waals surface area contributed by atoms with Gasteiger partial charge in [-0.15, -0.1) is 0 Å². The molecule has 0 atom stereocenters. The topological polar surface area (TPSA) is 6.48 Å². The number of para-hydroxylation sites is 2. The highest BCUT2D eigenvalue weighted by atomic mass is 15.1. The molecule has 0 aromatic heterocycles. The van der Waals surface area contributed by atoms with Crippen LogP contribution in [0.15, 0.2) is 352 Å². The zero-order valence-corrected chi connectivity index (χ0v) is 56.4. The van der Waals surface area contributed by atoms with Crippen molar-refractivity contribution in [3.05, 3.63) is 407 Å². The van der Waals surface area contributed by atoms with Gasteiger partial charge in [-0.2, -0.15) is 0 Å². The van der Waals surface area contributed by atoms with Crippen molar-refractivity contribution in [3.8, 4) is 44.5 Å². The summed E-state index contributed by atoms with van der Waals surface area (Å²) in [6.07, 6.45) is 0. The normalized spacial score (nSPS) is 13.4. The smallest absolute Gasteiger partial charge is 0.0713 e. The van der Waals surface area contributed by atoms with Crippen LogP contribution in [0.2, 0.25) is 0 Å². The third kappa shape index (κ3) is 9.67. The van der Waals surface area contributed by atoms with Gasteiger partial charge in [-0.25, -0.2) is 0 Å². The van der Waals surface area contributed by atoms with Gasteiger partial charge in [0.2, 0.25) is 0 Å². The minimum absolute atomic E-state index is 0.0155. The Labute approximate surface area is 577 Å². The average molecular weight is 1260 g/mol. The van der Waals surface area contributed by atoms with Gasteiger partial charge in [0.15, 0.2) is 0 Å². The maximum atomic E-state index is 2.57. The van der Waals surface area contributed by atoms with Crippen LogP contribution in [-0.4, -0.2) is 0 Å². The highest BCUT2D eigenvalue weighted by molar-refractivity contribution is 6.23. The van der Waals surface area contributed by atoms with Crippen LogP contribution in [0.1, 0.15) is 97.2 Å². The number of anilines is 6. The zero-order chi connectivity index (χ0) is 66.3. The number of nitrogens with zero attached hydrogens (tertiary/aromatic N) is 2. The Morgan fingerprint density at radius 2 is 0.490 bits per heavy atom. The van der Waals surface area contributed by atoms with Gasteiger partial charge in [0.1, 0.15) is 0 Å². The quantitative estimate of drug-likeness (QED) is 0.113. The third-order valence-corrected chi connectivity index (χ3v) is 21.1. The summed E-state index contributed by atoms with van der Waals surface area (Å²) in [5, 5.41) is 4.63. The van der Waals surface area contributed by atoms with E-state index in [9.17, 15) is 0 Å². The van der Waals surface area contributed by atoms with Crippen LogP contribution in [0.25, 0.3) is 66.1 Å². The number of hydrogen-bond donors (Lipinski definition) is 0. The van der Waals surface area contributed by atoms with E-state index in [0.717, 1.165) is 66.8 Å². The second kappa shape index (κ2) is 23.7. The summed E-state index contributed by atoms with van der Waals surface area (Å²) in [5.41, 5.74) is 27.5. The van der Waals surface area contributed by atoms with Gasteiger partial charge in [0.25, 0.3) is 0 Å². The fourth-order valence-electron chi connectivity index (χ4n) is 16.6. The van der Waals surface area contributed by atoms with Crippen molar-refractivity contribution in [2.45, 2.75) is 63.2 Å². The van der Waals surface area contributed by atoms with Gasteiger partial charge in [-0.1, -0.05) is 308 Å². The molecule has 0 N–H and O–H groups in total. The lowest BCUT2D eigenvalue weighted by molar-refractivity contribution is 0.590. The summed E-state index contributed by atoms with van der Waals surface area (Å²) in [6.45, 7) is 13.8. The Morgan fingerprint density at radius 1 is 0.214 bits per heavy atom. The SMILES string of the molecule is CC(C)(C)c1ccc(N(c2ccccc2)c2ccc3c(-c4ccc5c(c4)C(c4ccccc4)(c4ccccc4)c4ccccc4-5)c4cc(N(c5ccccc5)c5ccc(C(C)(C)C)cc5)ccc4c(-c4ccc5c(c4)C(c4ccccc4)(c4ccccc4)c4ccccc4-5)c3c2)cc1. The lowest BCUT2D eigenvalue weighted by Gasteiger charge is -2.34. The van der Waals surface area contributed by atoms with Gasteiger partial charge in [-0.05, 0) is 217 Å². The van der Waals surface area contributed by atoms with E-state index in [2.05, 4.69) is 403 Å². The fraction of sp³-hybridized carbons (Fsp3) is 0.104. The fourth-order valence-corrected chi connectivity index (χ4v) is 16.6. The van der Waals surface area contributed by atoms with E-state index in [1.54, 1.807) is 0 Å². The predicted molar refractivity (Wildman–Crippen MR) is 414 cm³/mol. The third-order valence-electron chi connectivity index (χ3n) is 21.1. The molecule has 2 nitrogen and oxygen atoms in total. The first-order valence-electron chi connectivity index (χ1n) is 34.6. The lowest BCUT2D eigenvalue weighted by Crippen LogP contribution is -2.28. The molecule has 0 amide bonds. The van der Waals surface area contributed by atoms with Gasteiger partial charge < -0.3 is 9.80 Å². The van der Waals surface area contributed by atoms with Gasteiger partial charge in [0, 0.05) is 34.1 Å². The second-order valence-corrected chi connectivity index (χ2v) is 28.7. The lowest BCUT2D eigenvalue weighted by atomic mass is 9.67. The Kier molecular flexibility index (Phi) is 14.5. The monoisotopic (exact) mass is 1260 g/mol.